The summed E-state index contributed by atoms with van der Waals surface area (Å²) in [4.78, 5) is 24.2. The molecule has 0 unspecified atom stereocenters. The Hall–Kier alpha value is -3.43. The lowest BCUT2D eigenvalue weighted by atomic mass is 10.1. The van der Waals surface area contributed by atoms with Gasteiger partial charge in [0.1, 0.15) is 13.2 Å². The molecule has 10 heteroatoms. The van der Waals surface area contributed by atoms with Crippen LogP contribution in [0, 0.1) is 0 Å². The number of rotatable bonds is 5. The molecule has 7 nitrogen and oxygen atoms in total. The lowest BCUT2D eigenvalue weighted by Gasteiger charge is -2.21. The number of para-hydroxylation sites is 1. The van der Waals surface area contributed by atoms with Gasteiger partial charge in [0.05, 0.1) is 23.9 Å². The Morgan fingerprint density at radius 1 is 1.14 bits per heavy atom. The van der Waals surface area contributed by atoms with Crippen LogP contribution in [0.5, 0.6) is 17.2 Å². The highest BCUT2D eigenvalue weighted by atomic mass is 19.4. The highest BCUT2D eigenvalue weighted by molar-refractivity contribution is 5.96. The molecule has 29 heavy (non-hydrogen) atoms. The standard InChI is InChI=1S/C19H16F3NO6/c1-26-14-8-11(9-15-17(14)28-7-6-27-15)18(25)29-10-16(24)23-13-5-3-2-4-12(13)19(20,21)22/h2-5,8-9H,6-7,10H2,1H3,(H,23,24). The summed E-state index contributed by atoms with van der Waals surface area (Å²) >= 11 is 0. The van der Waals surface area contributed by atoms with Crippen molar-refractivity contribution in [3.63, 3.8) is 0 Å². The molecule has 0 aliphatic carbocycles. The normalized spacial score (nSPS) is 12.8. The molecule has 1 N–H and O–H groups in total. The van der Waals surface area contributed by atoms with Crippen molar-refractivity contribution >= 4 is 17.6 Å². The largest absolute Gasteiger partial charge is 0.493 e. The number of esters is 1. The predicted molar refractivity (Wildman–Crippen MR) is 94.3 cm³/mol. The van der Waals surface area contributed by atoms with E-state index in [9.17, 15) is 22.8 Å². The van der Waals surface area contributed by atoms with E-state index in [0.717, 1.165) is 12.1 Å². The van der Waals surface area contributed by atoms with Gasteiger partial charge in [0.2, 0.25) is 5.75 Å². The van der Waals surface area contributed by atoms with Gasteiger partial charge in [-0.1, -0.05) is 12.1 Å². The number of carbonyl (C=O) groups excluding carboxylic acids is 2. The first-order valence-corrected chi connectivity index (χ1v) is 8.40. The third-order valence-corrected chi connectivity index (χ3v) is 3.90. The summed E-state index contributed by atoms with van der Waals surface area (Å²) in [5.41, 5.74) is -1.40. The van der Waals surface area contributed by atoms with Crippen LogP contribution in [-0.4, -0.2) is 38.8 Å². The van der Waals surface area contributed by atoms with E-state index in [1.165, 1.54) is 31.4 Å². The van der Waals surface area contributed by atoms with Gasteiger partial charge in [0.25, 0.3) is 5.91 Å². The maximum atomic E-state index is 13.0. The summed E-state index contributed by atoms with van der Waals surface area (Å²) in [6.07, 6.45) is -4.64. The van der Waals surface area contributed by atoms with Gasteiger partial charge in [-0.2, -0.15) is 13.2 Å². The van der Waals surface area contributed by atoms with E-state index in [1.54, 1.807) is 0 Å². The minimum absolute atomic E-state index is 0.0367. The smallest absolute Gasteiger partial charge is 0.418 e. The van der Waals surface area contributed by atoms with Crippen LogP contribution in [0.4, 0.5) is 18.9 Å². The first-order valence-electron chi connectivity index (χ1n) is 8.40. The SMILES string of the molecule is COc1cc(C(=O)OCC(=O)Nc2ccccc2C(F)(F)F)cc2c1OCCO2. The number of fused-ring (bicyclic) bond motifs is 1. The first kappa shape index (κ1) is 20.3. The molecule has 0 bridgehead atoms. The average Bonchev–Trinajstić information content (AvgIpc) is 2.70. The molecule has 2 aromatic carbocycles. The van der Waals surface area contributed by atoms with Gasteiger partial charge in [-0.05, 0) is 24.3 Å². The molecule has 1 aliphatic heterocycles. The third-order valence-electron chi connectivity index (χ3n) is 3.90. The summed E-state index contributed by atoms with van der Waals surface area (Å²) in [5, 5.41) is 2.09. The van der Waals surface area contributed by atoms with Gasteiger partial charge < -0.3 is 24.3 Å². The topological polar surface area (TPSA) is 83.1 Å². The molecule has 1 amide bonds. The third kappa shape index (κ3) is 4.71. The van der Waals surface area contributed by atoms with Crippen LogP contribution in [0.15, 0.2) is 36.4 Å². The molecular formula is C19H16F3NO6. The quantitative estimate of drug-likeness (QED) is 0.761. The molecule has 0 atom stereocenters. The number of ether oxygens (including phenoxy) is 4. The van der Waals surface area contributed by atoms with E-state index >= 15 is 0 Å². The Labute approximate surface area is 163 Å². The lowest BCUT2D eigenvalue weighted by molar-refractivity contribution is -0.137. The lowest BCUT2D eigenvalue weighted by Crippen LogP contribution is -2.23. The van der Waals surface area contributed by atoms with Crippen molar-refractivity contribution in [3.05, 3.63) is 47.5 Å². The highest BCUT2D eigenvalue weighted by Crippen LogP contribution is 2.40. The number of amides is 1. The number of hydrogen-bond donors (Lipinski definition) is 1. The average molecular weight is 411 g/mol. The molecule has 154 valence electrons. The van der Waals surface area contributed by atoms with Crippen LogP contribution >= 0.6 is 0 Å². The van der Waals surface area contributed by atoms with Crippen LogP contribution in [0.3, 0.4) is 0 Å². The molecule has 0 fully saturated rings. The number of halogens is 3. The van der Waals surface area contributed by atoms with Gasteiger partial charge in [0.15, 0.2) is 18.1 Å². The monoisotopic (exact) mass is 411 g/mol. The number of hydrogen-bond acceptors (Lipinski definition) is 6. The van der Waals surface area contributed by atoms with Gasteiger partial charge in [-0.15, -0.1) is 0 Å². The van der Waals surface area contributed by atoms with E-state index < -0.39 is 35.9 Å². The maximum absolute atomic E-state index is 13.0. The minimum Gasteiger partial charge on any atom is -0.493 e. The van der Waals surface area contributed by atoms with Crippen molar-refractivity contribution in [1.82, 2.24) is 0 Å². The molecule has 0 saturated heterocycles. The zero-order chi connectivity index (χ0) is 21.0. The Morgan fingerprint density at radius 2 is 1.86 bits per heavy atom. The molecule has 1 aliphatic rings. The second-order valence-corrected chi connectivity index (χ2v) is 5.87. The van der Waals surface area contributed by atoms with Crippen molar-refractivity contribution in [3.8, 4) is 17.2 Å². The number of benzene rings is 2. The zero-order valence-electron chi connectivity index (χ0n) is 15.2. The van der Waals surface area contributed by atoms with E-state index in [1.807, 2.05) is 0 Å². The van der Waals surface area contributed by atoms with Gasteiger partial charge in [-0.25, -0.2) is 4.79 Å². The fraction of sp³-hybridized carbons (Fsp3) is 0.263. The fourth-order valence-electron chi connectivity index (χ4n) is 2.63. The Morgan fingerprint density at radius 3 is 2.59 bits per heavy atom. The Balaban J connectivity index is 1.66. The number of nitrogens with one attached hydrogen (secondary N) is 1. The summed E-state index contributed by atoms with van der Waals surface area (Å²) in [6.45, 7) is -0.163. The van der Waals surface area contributed by atoms with Crippen LogP contribution < -0.4 is 19.5 Å². The van der Waals surface area contributed by atoms with Crippen LogP contribution in [0.1, 0.15) is 15.9 Å². The maximum Gasteiger partial charge on any atom is 0.418 e. The van der Waals surface area contributed by atoms with Gasteiger partial charge >= 0.3 is 12.1 Å². The van der Waals surface area contributed by atoms with Crippen LogP contribution in [-0.2, 0) is 15.7 Å². The fourth-order valence-corrected chi connectivity index (χ4v) is 2.63. The highest BCUT2D eigenvalue weighted by Gasteiger charge is 2.33. The van der Waals surface area contributed by atoms with Crippen LogP contribution in [0.2, 0.25) is 0 Å². The molecule has 0 aromatic heterocycles. The second kappa shape index (κ2) is 8.29. The zero-order valence-corrected chi connectivity index (χ0v) is 15.2. The Bertz CT molecular complexity index is 911. The van der Waals surface area contributed by atoms with Crippen molar-refractivity contribution < 1.29 is 41.7 Å². The van der Waals surface area contributed by atoms with E-state index in [4.69, 9.17) is 18.9 Å². The van der Waals surface area contributed by atoms with Crippen LogP contribution in [0.25, 0.3) is 0 Å². The minimum atomic E-state index is -4.64. The molecule has 0 spiro atoms. The van der Waals surface area contributed by atoms with E-state index in [0.29, 0.717) is 12.4 Å². The van der Waals surface area contributed by atoms with Gasteiger partial charge in [-0.3, -0.25) is 4.79 Å². The summed E-state index contributed by atoms with van der Waals surface area (Å²) < 4.78 is 59.8. The molecule has 1 heterocycles. The molecule has 3 rings (SSSR count). The van der Waals surface area contributed by atoms with Crippen molar-refractivity contribution in [2.75, 3.05) is 32.2 Å². The molecular weight excluding hydrogens is 395 g/mol. The molecule has 0 radical (unpaired) electrons. The summed E-state index contributed by atoms with van der Waals surface area (Å²) in [7, 11) is 1.38. The summed E-state index contributed by atoms with van der Waals surface area (Å²) in [6, 6.07) is 7.21. The molecule has 2 aromatic rings. The molecule has 0 saturated carbocycles. The first-order chi connectivity index (χ1) is 13.8. The second-order valence-electron chi connectivity index (χ2n) is 5.87. The predicted octanol–water partition coefficient (Wildman–Crippen LogP) is 3.28. The van der Waals surface area contributed by atoms with Crippen molar-refractivity contribution in [1.29, 1.82) is 0 Å². The number of carbonyl (C=O) groups is 2. The van der Waals surface area contributed by atoms with E-state index in [2.05, 4.69) is 5.32 Å². The number of alkyl halides is 3. The summed E-state index contributed by atoms with van der Waals surface area (Å²) in [5.74, 6) is -0.917. The van der Waals surface area contributed by atoms with E-state index in [-0.39, 0.29) is 23.7 Å². The number of methoxy groups -OCH3 is 1. The van der Waals surface area contributed by atoms with Crippen molar-refractivity contribution in [2.24, 2.45) is 0 Å². The Kier molecular flexibility index (Phi) is 5.81. The number of anilines is 1. The van der Waals surface area contributed by atoms with Crippen molar-refractivity contribution in [2.45, 2.75) is 6.18 Å². The van der Waals surface area contributed by atoms with Gasteiger partial charge in [0, 0.05) is 0 Å².